The lowest BCUT2D eigenvalue weighted by Crippen LogP contribution is -2.34. The molecule has 0 aromatic rings. The van der Waals surface area contributed by atoms with Gasteiger partial charge in [0.15, 0.2) is 0 Å². The Morgan fingerprint density at radius 1 is 1.40 bits per heavy atom. The highest BCUT2D eigenvalue weighted by Crippen LogP contribution is 1.95. The summed E-state index contributed by atoms with van der Waals surface area (Å²) in [5.74, 6) is -1.76. The number of carbonyl (C=O) groups is 2. The molecule has 5 nitrogen and oxygen atoms in total. The van der Waals surface area contributed by atoms with E-state index in [2.05, 4.69) is 5.32 Å². The zero-order valence-corrected chi connectivity index (χ0v) is 9.45. The summed E-state index contributed by atoms with van der Waals surface area (Å²) in [7, 11) is 0. The molecule has 2 N–H and O–H groups in total. The molecule has 0 aromatic carbocycles. The molecule has 0 saturated carbocycles. The first-order valence-corrected chi connectivity index (χ1v) is 5.08. The zero-order valence-electron chi connectivity index (χ0n) is 9.45. The molecule has 0 rings (SSSR count). The number of hydrogen-bond donors (Lipinski definition) is 2. The summed E-state index contributed by atoms with van der Waals surface area (Å²) in [6.07, 6.45) is 0.895. The van der Waals surface area contributed by atoms with E-state index < -0.39 is 11.9 Å². The number of nitrogens with one attached hydrogen (secondary N) is 1. The normalized spacial score (nSPS) is 14.3. The molecule has 0 aromatic heterocycles. The van der Waals surface area contributed by atoms with Gasteiger partial charge >= 0.3 is 5.97 Å². The van der Waals surface area contributed by atoms with Crippen LogP contribution in [0.15, 0.2) is 0 Å². The molecule has 1 amide bonds. The van der Waals surface area contributed by atoms with Gasteiger partial charge in [0.2, 0.25) is 5.91 Å². The van der Waals surface area contributed by atoms with E-state index in [4.69, 9.17) is 9.84 Å². The van der Waals surface area contributed by atoms with Gasteiger partial charge in [-0.2, -0.15) is 0 Å². The maximum absolute atomic E-state index is 11.2. The Labute approximate surface area is 89.8 Å². The van der Waals surface area contributed by atoms with E-state index in [-0.39, 0.29) is 25.2 Å². The first kappa shape index (κ1) is 13.9. The molecular weight excluding hydrogens is 198 g/mol. The third kappa shape index (κ3) is 6.90. The van der Waals surface area contributed by atoms with E-state index in [0.29, 0.717) is 0 Å². The van der Waals surface area contributed by atoms with E-state index in [9.17, 15) is 9.59 Å². The minimum absolute atomic E-state index is 0.0126. The third-order valence-corrected chi connectivity index (χ3v) is 2.10. The third-order valence-electron chi connectivity index (χ3n) is 2.10. The van der Waals surface area contributed by atoms with Gasteiger partial charge < -0.3 is 15.2 Å². The lowest BCUT2D eigenvalue weighted by atomic mass is 10.2. The minimum atomic E-state index is -0.918. The summed E-state index contributed by atoms with van der Waals surface area (Å²) in [6, 6.07) is 0. The molecule has 2 atom stereocenters. The van der Waals surface area contributed by atoms with Gasteiger partial charge in [-0.3, -0.25) is 9.59 Å². The topological polar surface area (TPSA) is 75.6 Å². The van der Waals surface area contributed by atoms with Crippen LogP contribution < -0.4 is 5.32 Å². The quantitative estimate of drug-likeness (QED) is 0.656. The summed E-state index contributed by atoms with van der Waals surface area (Å²) in [6.45, 7) is 5.51. The molecular formula is C10H19NO4. The fourth-order valence-electron chi connectivity index (χ4n) is 0.741. The van der Waals surface area contributed by atoms with Crippen LogP contribution in [0, 0.1) is 5.92 Å². The van der Waals surface area contributed by atoms with Gasteiger partial charge in [-0.15, -0.1) is 0 Å². The number of amides is 1. The van der Waals surface area contributed by atoms with E-state index >= 15 is 0 Å². The highest BCUT2D eigenvalue weighted by Gasteiger charge is 2.12. The van der Waals surface area contributed by atoms with Gasteiger partial charge in [0.1, 0.15) is 6.61 Å². The molecule has 0 aliphatic rings. The minimum Gasteiger partial charge on any atom is -0.481 e. The van der Waals surface area contributed by atoms with Crippen molar-refractivity contribution in [2.24, 2.45) is 5.92 Å². The molecule has 2 unspecified atom stereocenters. The van der Waals surface area contributed by atoms with Crippen LogP contribution in [0.2, 0.25) is 0 Å². The Kier molecular flexibility index (Phi) is 6.70. The summed E-state index contributed by atoms with van der Waals surface area (Å²) in [5, 5.41) is 11.1. The maximum atomic E-state index is 11.2. The van der Waals surface area contributed by atoms with Crippen LogP contribution in [0.4, 0.5) is 0 Å². The number of carbonyl (C=O) groups excluding carboxylic acids is 1. The van der Waals surface area contributed by atoms with E-state index in [0.717, 1.165) is 6.42 Å². The average molecular weight is 217 g/mol. The monoisotopic (exact) mass is 217 g/mol. The Bertz CT molecular complexity index is 217. The lowest BCUT2D eigenvalue weighted by molar-refractivity contribution is -0.141. The second-order valence-corrected chi connectivity index (χ2v) is 3.57. The summed E-state index contributed by atoms with van der Waals surface area (Å²) >= 11 is 0. The largest absolute Gasteiger partial charge is 0.481 e. The Morgan fingerprint density at radius 3 is 2.47 bits per heavy atom. The molecule has 0 bridgehead atoms. The fourth-order valence-corrected chi connectivity index (χ4v) is 0.741. The van der Waals surface area contributed by atoms with Crippen LogP contribution >= 0.6 is 0 Å². The SMILES string of the molecule is CCC(C)OCC(=O)NCC(C)C(=O)O. The van der Waals surface area contributed by atoms with Gasteiger partial charge in [0.05, 0.1) is 12.0 Å². The van der Waals surface area contributed by atoms with E-state index in [1.165, 1.54) is 6.92 Å². The van der Waals surface area contributed by atoms with Crippen molar-refractivity contribution in [2.45, 2.75) is 33.3 Å². The van der Waals surface area contributed by atoms with Crippen molar-refractivity contribution >= 4 is 11.9 Å². The molecule has 15 heavy (non-hydrogen) atoms. The van der Waals surface area contributed by atoms with E-state index in [1.54, 1.807) is 0 Å². The Balaban J connectivity index is 3.62. The van der Waals surface area contributed by atoms with Gasteiger partial charge in [-0.05, 0) is 13.3 Å². The van der Waals surface area contributed by atoms with Crippen LogP contribution in [0.25, 0.3) is 0 Å². The van der Waals surface area contributed by atoms with Gasteiger partial charge in [0.25, 0.3) is 0 Å². The number of ether oxygens (including phenoxy) is 1. The molecule has 0 heterocycles. The van der Waals surface area contributed by atoms with Crippen LogP contribution in [-0.4, -0.2) is 36.2 Å². The fraction of sp³-hybridized carbons (Fsp3) is 0.800. The number of rotatable bonds is 7. The molecule has 0 saturated heterocycles. The second kappa shape index (κ2) is 7.23. The standard InChI is InChI=1S/C10H19NO4/c1-4-8(3)15-6-9(12)11-5-7(2)10(13)14/h7-8H,4-6H2,1-3H3,(H,11,12)(H,13,14). The molecule has 0 fully saturated rings. The van der Waals surface area contributed by atoms with Crippen LogP contribution in [0.3, 0.4) is 0 Å². The average Bonchev–Trinajstić information content (AvgIpc) is 2.21. The number of hydrogen-bond acceptors (Lipinski definition) is 3. The second-order valence-electron chi connectivity index (χ2n) is 3.57. The predicted molar refractivity (Wildman–Crippen MR) is 55.5 cm³/mol. The lowest BCUT2D eigenvalue weighted by Gasteiger charge is -2.11. The Morgan fingerprint density at radius 2 is 2.00 bits per heavy atom. The first-order valence-electron chi connectivity index (χ1n) is 5.08. The van der Waals surface area contributed by atoms with Crippen molar-refractivity contribution in [3.8, 4) is 0 Å². The van der Waals surface area contributed by atoms with Gasteiger partial charge in [0, 0.05) is 6.54 Å². The molecule has 0 spiro atoms. The van der Waals surface area contributed by atoms with Crippen molar-refractivity contribution in [2.75, 3.05) is 13.2 Å². The van der Waals surface area contributed by atoms with Crippen LogP contribution in [0.1, 0.15) is 27.2 Å². The van der Waals surface area contributed by atoms with E-state index in [1.807, 2.05) is 13.8 Å². The van der Waals surface area contributed by atoms with Gasteiger partial charge in [-0.25, -0.2) is 0 Å². The summed E-state index contributed by atoms with van der Waals surface area (Å²) in [5.41, 5.74) is 0. The molecule has 5 heteroatoms. The zero-order chi connectivity index (χ0) is 11.8. The highest BCUT2D eigenvalue weighted by atomic mass is 16.5. The van der Waals surface area contributed by atoms with Crippen molar-refractivity contribution in [1.29, 1.82) is 0 Å². The Hall–Kier alpha value is -1.10. The molecule has 0 radical (unpaired) electrons. The van der Waals surface area contributed by atoms with Crippen molar-refractivity contribution in [3.05, 3.63) is 0 Å². The van der Waals surface area contributed by atoms with Crippen LogP contribution in [-0.2, 0) is 14.3 Å². The van der Waals surface area contributed by atoms with Gasteiger partial charge in [-0.1, -0.05) is 13.8 Å². The van der Waals surface area contributed by atoms with Crippen LogP contribution in [0.5, 0.6) is 0 Å². The molecule has 88 valence electrons. The summed E-state index contributed by atoms with van der Waals surface area (Å²) in [4.78, 5) is 21.6. The highest BCUT2D eigenvalue weighted by molar-refractivity contribution is 5.78. The van der Waals surface area contributed by atoms with Crippen molar-refractivity contribution in [3.63, 3.8) is 0 Å². The first-order chi connectivity index (χ1) is 6.97. The van der Waals surface area contributed by atoms with Crippen molar-refractivity contribution in [1.82, 2.24) is 5.32 Å². The summed E-state index contributed by atoms with van der Waals surface area (Å²) < 4.78 is 5.19. The molecule has 0 aliphatic heterocycles. The smallest absolute Gasteiger partial charge is 0.308 e. The number of aliphatic carboxylic acids is 1. The predicted octanol–water partition coefficient (Wildman–Crippen LogP) is 0.638. The number of carboxylic acid groups (broad SMARTS) is 1. The van der Waals surface area contributed by atoms with Crippen molar-refractivity contribution < 1.29 is 19.4 Å². The maximum Gasteiger partial charge on any atom is 0.308 e. The number of carboxylic acids is 1. The molecule has 0 aliphatic carbocycles.